The van der Waals surface area contributed by atoms with Gasteiger partial charge in [-0.15, -0.1) is 0 Å². The molecule has 0 radical (unpaired) electrons. The Bertz CT molecular complexity index is 534. The summed E-state index contributed by atoms with van der Waals surface area (Å²) in [6.07, 6.45) is 0.854. The molecule has 0 aliphatic carbocycles. The van der Waals surface area contributed by atoms with Gasteiger partial charge >= 0.3 is 6.09 Å². The van der Waals surface area contributed by atoms with E-state index in [2.05, 4.69) is 23.5 Å². The smallest absolute Gasteiger partial charge is 0.410 e. The summed E-state index contributed by atoms with van der Waals surface area (Å²) < 4.78 is 5.49. The number of ether oxygens (including phenoxy) is 1. The van der Waals surface area contributed by atoms with E-state index in [9.17, 15) is 4.79 Å². The van der Waals surface area contributed by atoms with Crippen LogP contribution in [0, 0.1) is 0 Å². The highest BCUT2D eigenvalue weighted by Gasteiger charge is 2.33. The highest BCUT2D eigenvalue weighted by molar-refractivity contribution is 5.69. The standard InChI is InChI=1S/C16H22N2O2/c1-16(2,3)20-15(19)18-9-12-6-4-5-11-7-8-17-13(10-18)14(11)12/h4-6,13,17H,7-10H2,1-3H3. The molecule has 108 valence electrons. The molecular formula is C16H22N2O2. The van der Waals surface area contributed by atoms with Crippen LogP contribution in [-0.2, 0) is 17.7 Å². The number of amides is 1. The maximum atomic E-state index is 12.3. The van der Waals surface area contributed by atoms with E-state index in [1.807, 2.05) is 20.8 Å². The Kier molecular flexibility index (Phi) is 3.21. The number of carbonyl (C=O) groups excluding carboxylic acids is 1. The molecule has 1 unspecified atom stereocenters. The molecule has 0 fully saturated rings. The average molecular weight is 274 g/mol. The fraction of sp³-hybridized carbons (Fsp3) is 0.562. The van der Waals surface area contributed by atoms with Gasteiger partial charge in [-0.2, -0.15) is 0 Å². The van der Waals surface area contributed by atoms with Crippen LogP contribution in [0.1, 0.15) is 43.5 Å². The van der Waals surface area contributed by atoms with Gasteiger partial charge in [-0.05, 0) is 50.4 Å². The molecule has 0 saturated heterocycles. The lowest BCUT2D eigenvalue weighted by Gasteiger charge is -2.39. The zero-order valence-corrected chi connectivity index (χ0v) is 12.4. The van der Waals surface area contributed by atoms with Crippen molar-refractivity contribution >= 4 is 6.09 Å². The first kappa shape index (κ1) is 13.4. The Morgan fingerprint density at radius 3 is 2.85 bits per heavy atom. The van der Waals surface area contributed by atoms with Gasteiger partial charge in [-0.1, -0.05) is 18.2 Å². The van der Waals surface area contributed by atoms with Gasteiger partial charge in [0.05, 0.1) is 6.04 Å². The normalized spacial score (nSPS) is 21.4. The van der Waals surface area contributed by atoms with Gasteiger partial charge in [0.1, 0.15) is 5.60 Å². The van der Waals surface area contributed by atoms with Gasteiger partial charge in [-0.25, -0.2) is 4.79 Å². The Hall–Kier alpha value is -1.55. The van der Waals surface area contributed by atoms with Crippen molar-refractivity contribution in [3.8, 4) is 0 Å². The van der Waals surface area contributed by atoms with E-state index < -0.39 is 5.60 Å². The molecule has 1 atom stereocenters. The van der Waals surface area contributed by atoms with Crippen molar-refractivity contribution in [2.75, 3.05) is 13.1 Å². The van der Waals surface area contributed by atoms with Crippen LogP contribution < -0.4 is 5.32 Å². The molecule has 20 heavy (non-hydrogen) atoms. The van der Waals surface area contributed by atoms with Gasteiger partial charge in [0, 0.05) is 13.1 Å². The van der Waals surface area contributed by atoms with Crippen molar-refractivity contribution in [2.24, 2.45) is 0 Å². The van der Waals surface area contributed by atoms with Crippen LogP contribution in [0.3, 0.4) is 0 Å². The van der Waals surface area contributed by atoms with E-state index in [1.165, 1.54) is 16.7 Å². The molecule has 1 aromatic carbocycles. The van der Waals surface area contributed by atoms with E-state index in [0.29, 0.717) is 13.1 Å². The highest BCUT2D eigenvalue weighted by Crippen LogP contribution is 2.32. The van der Waals surface area contributed by atoms with E-state index in [-0.39, 0.29) is 12.1 Å². The number of nitrogens with one attached hydrogen (secondary N) is 1. The quantitative estimate of drug-likeness (QED) is 0.790. The molecule has 2 aliphatic rings. The van der Waals surface area contributed by atoms with Crippen LogP contribution in [0.15, 0.2) is 18.2 Å². The zero-order valence-electron chi connectivity index (χ0n) is 12.4. The first-order valence-electron chi connectivity index (χ1n) is 7.26. The van der Waals surface area contributed by atoms with E-state index in [4.69, 9.17) is 4.74 Å². The van der Waals surface area contributed by atoms with Crippen LogP contribution in [0.2, 0.25) is 0 Å². The number of carbonyl (C=O) groups is 1. The SMILES string of the molecule is CC(C)(C)OC(=O)N1Cc2cccc3c2C(C1)NCC3. The maximum Gasteiger partial charge on any atom is 0.410 e. The first-order valence-corrected chi connectivity index (χ1v) is 7.26. The highest BCUT2D eigenvalue weighted by atomic mass is 16.6. The van der Waals surface area contributed by atoms with E-state index >= 15 is 0 Å². The fourth-order valence-electron chi connectivity index (χ4n) is 3.06. The minimum absolute atomic E-state index is 0.221. The summed E-state index contributed by atoms with van der Waals surface area (Å²) in [5, 5.41) is 3.52. The third-order valence-electron chi connectivity index (χ3n) is 3.84. The maximum absolute atomic E-state index is 12.3. The van der Waals surface area contributed by atoms with Crippen LogP contribution in [0.25, 0.3) is 0 Å². The van der Waals surface area contributed by atoms with Gasteiger partial charge in [0.2, 0.25) is 0 Å². The van der Waals surface area contributed by atoms with Crippen molar-refractivity contribution in [1.82, 2.24) is 10.2 Å². The molecule has 2 heterocycles. The second-order valence-corrected chi connectivity index (χ2v) is 6.61. The zero-order chi connectivity index (χ0) is 14.3. The van der Waals surface area contributed by atoms with Crippen LogP contribution in [0.4, 0.5) is 4.79 Å². The molecule has 1 N–H and O–H groups in total. The molecule has 1 amide bonds. The Morgan fingerprint density at radius 2 is 2.10 bits per heavy atom. The summed E-state index contributed by atoms with van der Waals surface area (Å²) in [6, 6.07) is 6.66. The van der Waals surface area contributed by atoms with Crippen molar-refractivity contribution in [1.29, 1.82) is 0 Å². The fourth-order valence-corrected chi connectivity index (χ4v) is 3.06. The molecule has 0 saturated carbocycles. The number of rotatable bonds is 0. The molecule has 0 bridgehead atoms. The number of hydrogen-bond acceptors (Lipinski definition) is 3. The van der Waals surface area contributed by atoms with Crippen molar-refractivity contribution in [2.45, 2.75) is 45.4 Å². The Morgan fingerprint density at radius 1 is 1.35 bits per heavy atom. The monoisotopic (exact) mass is 274 g/mol. The van der Waals surface area contributed by atoms with E-state index in [1.54, 1.807) is 4.90 Å². The lowest BCUT2D eigenvalue weighted by Crippen LogP contribution is -2.47. The lowest BCUT2D eigenvalue weighted by atomic mass is 9.87. The molecule has 4 heteroatoms. The molecule has 1 aromatic rings. The van der Waals surface area contributed by atoms with Gasteiger partial charge in [0.25, 0.3) is 0 Å². The van der Waals surface area contributed by atoms with Crippen molar-refractivity contribution in [3.63, 3.8) is 0 Å². The number of nitrogens with zero attached hydrogens (tertiary/aromatic N) is 1. The lowest BCUT2D eigenvalue weighted by molar-refractivity contribution is 0.0194. The largest absolute Gasteiger partial charge is 0.444 e. The topological polar surface area (TPSA) is 41.6 Å². The first-order chi connectivity index (χ1) is 9.44. The molecule has 0 aromatic heterocycles. The minimum Gasteiger partial charge on any atom is -0.444 e. The molecule has 2 aliphatic heterocycles. The van der Waals surface area contributed by atoms with Crippen LogP contribution in [0.5, 0.6) is 0 Å². The third kappa shape index (κ3) is 2.52. The van der Waals surface area contributed by atoms with Crippen LogP contribution in [-0.4, -0.2) is 29.7 Å². The third-order valence-corrected chi connectivity index (χ3v) is 3.84. The summed E-state index contributed by atoms with van der Waals surface area (Å²) >= 11 is 0. The second-order valence-electron chi connectivity index (χ2n) is 6.61. The predicted octanol–water partition coefficient (Wildman–Crippen LogP) is 2.62. The summed E-state index contributed by atoms with van der Waals surface area (Å²) in [5.74, 6) is 0. The van der Waals surface area contributed by atoms with Gasteiger partial charge in [0.15, 0.2) is 0 Å². The summed E-state index contributed by atoms with van der Waals surface area (Å²) in [6.45, 7) is 8.03. The number of hydrogen-bond donors (Lipinski definition) is 1. The molecule has 0 spiro atoms. The molecule has 4 nitrogen and oxygen atoms in total. The summed E-state index contributed by atoms with van der Waals surface area (Å²) in [5.41, 5.74) is 3.63. The molecular weight excluding hydrogens is 252 g/mol. The number of benzene rings is 1. The predicted molar refractivity (Wildman–Crippen MR) is 77.5 cm³/mol. The van der Waals surface area contributed by atoms with Crippen molar-refractivity contribution < 1.29 is 9.53 Å². The van der Waals surface area contributed by atoms with Crippen molar-refractivity contribution in [3.05, 3.63) is 34.9 Å². The summed E-state index contributed by atoms with van der Waals surface area (Å²) in [4.78, 5) is 14.1. The van der Waals surface area contributed by atoms with Gasteiger partial charge < -0.3 is 15.0 Å². The van der Waals surface area contributed by atoms with Crippen LogP contribution >= 0.6 is 0 Å². The average Bonchev–Trinajstić information content (AvgIpc) is 2.37. The minimum atomic E-state index is -0.445. The Balaban J connectivity index is 1.85. The Labute approximate surface area is 120 Å². The molecule has 3 rings (SSSR count). The van der Waals surface area contributed by atoms with E-state index in [0.717, 1.165) is 13.0 Å². The van der Waals surface area contributed by atoms with Gasteiger partial charge in [-0.3, -0.25) is 0 Å². The summed E-state index contributed by atoms with van der Waals surface area (Å²) in [7, 11) is 0. The second kappa shape index (κ2) is 4.77.